The van der Waals surface area contributed by atoms with E-state index >= 15 is 0 Å². The lowest BCUT2D eigenvalue weighted by Gasteiger charge is -2.13. The third-order valence-electron chi connectivity index (χ3n) is 4.57. The number of carbonyl (C=O) groups is 1. The molecule has 2 heterocycles. The number of Topliss-reactive ketones (excluding diaryl/α,β-unsaturated/α-hetero) is 1. The van der Waals surface area contributed by atoms with Crippen molar-refractivity contribution in [2.45, 2.75) is 35.2 Å². The van der Waals surface area contributed by atoms with E-state index in [0.29, 0.717) is 22.5 Å². The first kappa shape index (κ1) is 19.0. The molecule has 0 N–H and O–H groups in total. The van der Waals surface area contributed by atoms with Crippen LogP contribution in [-0.2, 0) is 13.0 Å². The van der Waals surface area contributed by atoms with Gasteiger partial charge in [-0.2, -0.15) is 0 Å². The van der Waals surface area contributed by atoms with Crippen molar-refractivity contribution in [3.05, 3.63) is 87.8 Å². The zero-order chi connectivity index (χ0) is 19.5. The first-order valence-corrected chi connectivity index (χ1v) is 11.0. The first-order chi connectivity index (χ1) is 13.6. The van der Waals surface area contributed by atoms with E-state index in [1.54, 1.807) is 16.3 Å². The Morgan fingerprint density at radius 2 is 1.82 bits per heavy atom. The second kappa shape index (κ2) is 8.37. The molecule has 0 unspecified atom stereocenters. The van der Waals surface area contributed by atoms with Crippen LogP contribution < -0.4 is 5.56 Å². The van der Waals surface area contributed by atoms with Crippen molar-refractivity contribution in [2.75, 3.05) is 5.75 Å². The summed E-state index contributed by atoms with van der Waals surface area (Å²) in [7, 11) is 0. The van der Waals surface area contributed by atoms with Crippen LogP contribution in [0.15, 0.2) is 75.5 Å². The summed E-state index contributed by atoms with van der Waals surface area (Å²) >= 11 is 2.94. The van der Waals surface area contributed by atoms with Gasteiger partial charge in [-0.05, 0) is 5.56 Å². The van der Waals surface area contributed by atoms with Gasteiger partial charge in [0.25, 0.3) is 5.56 Å². The van der Waals surface area contributed by atoms with Crippen LogP contribution in [0.4, 0.5) is 0 Å². The molecule has 4 nitrogen and oxygen atoms in total. The van der Waals surface area contributed by atoms with Gasteiger partial charge in [-0.3, -0.25) is 14.2 Å². The maximum atomic E-state index is 13.2. The summed E-state index contributed by atoms with van der Waals surface area (Å²) in [5.74, 6) is 0.293. The number of fused-ring (bicyclic) bond motifs is 1. The van der Waals surface area contributed by atoms with Crippen molar-refractivity contribution in [1.29, 1.82) is 0 Å². The Kier molecular flexibility index (Phi) is 5.69. The minimum Gasteiger partial charge on any atom is -0.293 e. The van der Waals surface area contributed by atoms with Gasteiger partial charge in [0.05, 0.1) is 22.9 Å². The van der Waals surface area contributed by atoms with E-state index < -0.39 is 0 Å². The van der Waals surface area contributed by atoms with Crippen molar-refractivity contribution in [1.82, 2.24) is 9.55 Å². The molecule has 0 bridgehead atoms. The van der Waals surface area contributed by atoms with Crippen molar-refractivity contribution in [2.24, 2.45) is 0 Å². The highest BCUT2D eigenvalue weighted by molar-refractivity contribution is 8.00. The number of aromatic nitrogens is 2. The molecule has 1 aliphatic rings. The summed E-state index contributed by atoms with van der Waals surface area (Å²) < 4.78 is 1.71. The second-order valence-electron chi connectivity index (χ2n) is 6.76. The summed E-state index contributed by atoms with van der Waals surface area (Å²) in [6.45, 7) is 2.57. The third-order valence-corrected chi connectivity index (χ3v) is 6.77. The number of rotatable bonds is 6. The normalized spacial score (nSPS) is 15.4. The molecule has 0 spiro atoms. The van der Waals surface area contributed by atoms with Gasteiger partial charge in [-0.15, -0.1) is 11.8 Å². The van der Waals surface area contributed by atoms with Gasteiger partial charge in [0.2, 0.25) is 0 Å². The predicted molar refractivity (Wildman–Crippen MR) is 115 cm³/mol. The lowest BCUT2D eigenvalue weighted by molar-refractivity contribution is 0.102. The zero-order valence-corrected chi connectivity index (χ0v) is 17.1. The van der Waals surface area contributed by atoms with E-state index in [-0.39, 0.29) is 17.1 Å². The quantitative estimate of drug-likeness (QED) is 0.346. The zero-order valence-electron chi connectivity index (χ0n) is 15.5. The Morgan fingerprint density at radius 1 is 1.14 bits per heavy atom. The molecule has 0 radical (unpaired) electrons. The van der Waals surface area contributed by atoms with Gasteiger partial charge in [-0.25, -0.2) is 4.98 Å². The van der Waals surface area contributed by atoms with Crippen LogP contribution in [0.25, 0.3) is 0 Å². The van der Waals surface area contributed by atoms with Crippen LogP contribution in [0.1, 0.15) is 28.5 Å². The fourth-order valence-corrected chi connectivity index (χ4v) is 5.21. The van der Waals surface area contributed by atoms with Crippen molar-refractivity contribution in [3.8, 4) is 0 Å². The highest BCUT2D eigenvalue weighted by Crippen LogP contribution is 2.34. The Balaban J connectivity index is 1.65. The van der Waals surface area contributed by atoms with E-state index in [4.69, 9.17) is 4.98 Å². The van der Waals surface area contributed by atoms with E-state index in [2.05, 4.69) is 6.92 Å². The molecule has 1 aromatic heterocycles. The number of benzene rings is 2. The topological polar surface area (TPSA) is 52.0 Å². The number of hydrogen-bond donors (Lipinski definition) is 0. The monoisotopic (exact) mass is 408 g/mol. The molecule has 1 aliphatic heterocycles. The van der Waals surface area contributed by atoms with Gasteiger partial charge in [0, 0.05) is 17.2 Å². The largest absolute Gasteiger partial charge is 0.293 e. The molecule has 1 atom stereocenters. The molecule has 0 amide bonds. The summed E-state index contributed by atoms with van der Waals surface area (Å²) in [6, 6.07) is 19.1. The van der Waals surface area contributed by atoms with Crippen LogP contribution in [0.3, 0.4) is 0 Å². The van der Waals surface area contributed by atoms with Gasteiger partial charge >= 0.3 is 0 Å². The van der Waals surface area contributed by atoms with E-state index in [1.807, 2.05) is 60.7 Å². The predicted octanol–water partition coefficient (Wildman–Crippen LogP) is 4.30. The van der Waals surface area contributed by atoms with Crippen LogP contribution in [0.5, 0.6) is 0 Å². The summed E-state index contributed by atoms with van der Waals surface area (Å²) in [5.41, 5.74) is 2.58. The lowest BCUT2D eigenvalue weighted by atomic mass is 10.2. The molecule has 0 saturated carbocycles. The second-order valence-corrected chi connectivity index (χ2v) is 9.15. The molecule has 3 aromatic rings. The van der Waals surface area contributed by atoms with Crippen LogP contribution in [0.2, 0.25) is 0 Å². The van der Waals surface area contributed by atoms with Gasteiger partial charge in [-0.1, -0.05) is 79.3 Å². The van der Waals surface area contributed by atoms with Crippen LogP contribution in [-0.4, -0.2) is 26.3 Å². The molecule has 142 valence electrons. The van der Waals surface area contributed by atoms with E-state index in [1.165, 1.54) is 11.8 Å². The fraction of sp³-hybridized carbons (Fsp3) is 0.227. The Labute approximate surface area is 172 Å². The average Bonchev–Trinajstić information content (AvgIpc) is 3.10. The van der Waals surface area contributed by atoms with Crippen molar-refractivity contribution >= 4 is 29.3 Å². The molecule has 6 heteroatoms. The minimum absolute atomic E-state index is 0.00198. The summed E-state index contributed by atoms with van der Waals surface area (Å²) in [5, 5.41) is 0.971. The molecule has 4 rings (SSSR count). The summed E-state index contributed by atoms with van der Waals surface area (Å²) in [4.78, 5) is 31.2. The number of thioether (sulfide) groups is 2. The number of hydrogen-bond acceptors (Lipinski definition) is 5. The Hall–Kier alpha value is -2.31. The van der Waals surface area contributed by atoms with Gasteiger partial charge in [0.15, 0.2) is 10.9 Å². The highest BCUT2D eigenvalue weighted by Gasteiger charge is 2.26. The Bertz CT molecular complexity index is 1050. The molecule has 0 fully saturated rings. The molecule has 0 aliphatic carbocycles. The molecule has 0 saturated heterocycles. The van der Waals surface area contributed by atoms with Gasteiger partial charge in [0.1, 0.15) is 0 Å². The van der Waals surface area contributed by atoms with E-state index in [0.717, 1.165) is 22.6 Å². The number of nitrogens with zero attached hydrogens (tertiary/aromatic N) is 2. The molecular formula is C22H20N2O2S2. The lowest BCUT2D eigenvalue weighted by Crippen LogP contribution is -2.26. The minimum atomic E-state index is -0.00198. The number of ketones is 1. The maximum absolute atomic E-state index is 13.2. The third kappa shape index (κ3) is 4.08. The fourth-order valence-electron chi connectivity index (χ4n) is 3.18. The average molecular weight is 409 g/mol. The van der Waals surface area contributed by atoms with E-state index in [9.17, 15) is 9.59 Å². The van der Waals surface area contributed by atoms with Crippen LogP contribution in [0, 0.1) is 0 Å². The van der Waals surface area contributed by atoms with Crippen LogP contribution >= 0.6 is 23.5 Å². The van der Waals surface area contributed by atoms with Crippen molar-refractivity contribution in [3.63, 3.8) is 0 Å². The maximum Gasteiger partial charge on any atom is 0.268 e. The highest BCUT2D eigenvalue weighted by atomic mass is 32.2. The molecular weight excluding hydrogens is 388 g/mol. The molecule has 2 aromatic carbocycles. The number of carbonyl (C=O) groups excluding carboxylic acids is 1. The Morgan fingerprint density at radius 3 is 2.54 bits per heavy atom. The smallest absolute Gasteiger partial charge is 0.268 e. The van der Waals surface area contributed by atoms with Gasteiger partial charge < -0.3 is 0 Å². The standard InChI is InChI=1S/C22H20N2O2S2/c1-15-12-18-20(28-15)21(26)24(13-16-8-4-2-5-9-16)22(23-18)27-14-19(25)17-10-6-3-7-11-17/h2-11,15H,12-14H2,1H3/t15-/m0/s1. The molecule has 28 heavy (non-hydrogen) atoms. The first-order valence-electron chi connectivity index (χ1n) is 9.17. The van der Waals surface area contributed by atoms with Crippen molar-refractivity contribution < 1.29 is 4.79 Å². The SMILES string of the molecule is C[C@H]1Cc2nc(SCC(=O)c3ccccc3)n(Cc3ccccc3)c(=O)c2S1. The summed E-state index contributed by atoms with van der Waals surface area (Å²) in [6.07, 6.45) is 0.793.